The maximum absolute atomic E-state index is 13.2. The smallest absolute Gasteiger partial charge is 0.141 e. The van der Waals surface area contributed by atoms with Gasteiger partial charge in [0.2, 0.25) is 0 Å². The van der Waals surface area contributed by atoms with Crippen LogP contribution in [0.2, 0.25) is 5.02 Å². The summed E-state index contributed by atoms with van der Waals surface area (Å²) in [6, 6.07) is 8.90. The fourth-order valence-electron chi connectivity index (χ4n) is 2.19. The third-order valence-corrected chi connectivity index (χ3v) is 3.54. The Bertz CT molecular complexity index is 567. The van der Waals surface area contributed by atoms with Crippen LogP contribution in [0.4, 0.5) is 4.39 Å². The number of furan rings is 1. The first kappa shape index (κ1) is 15.1. The Hall–Kier alpha value is -1.32. The first-order valence-electron chi connectivity index (χ1n) is 6.90. The monoisotopic (exact) mass is 295 g/mol. The Labute approximate surface area is 123 Å². The third-order valence-electron chi connectivity index (χ3n) is 3.25. The summed E-state index contributed by atoms with van der Waals surface area (Å²) in [5.74, 6) is 1.49. The van der Waals surface area contributed by atoms with E-state index in [9.17, 15) is 4.39 Å². The van der Waals surface area contributed by atoms with Crippen LogP contribution in [0.1, 0.15) is 37.0 Å². The normalized spacial score (nSPS) is 12.6. The van der Waals surface area contributed by atoms with Crippen LogP contribution in [-0.4, -0.2) is 6.54 Å². The Balaban J connectivity index is 2.18. The summed E-state index contributed by atoms with van der Waals surface area (Å²) < 4.78 is 19.0. The molecule has 1 aromatic carbocycles. The van der Waals surface area contributed by atoms with E-state index in [1.165, 1.54) is 6.07 Å². The highest BCUT2D eigenvalue weighted by Gasteiger charge is 2.16. The Kier molecular flexibility index (Phi) is 5.21. The standard InChI is InChI=1S/C16H19ClFNO/c1-3-12-6-8-16(20-12)15(19-4-2)10-11-5-7-14(18)13(17)9-11/h5-9,15,19H,3-4,10H2,1-2H3. The Morgan fingerprint density at radius 1 is 1.25 bits per heavy atom. The molecule has 0 aliphatic carbocycles. The summed E-state index contributed by atoms with van der Waals surface area (Å²) in [5.41, 5.74) is 0.983. The van der Waals surface area contributed by atoms with Crippen molar-refractivity contribution in [2.24, 2.45) is 0 Å². The van der Waals surface area contributed by atoms with Gasteiger partial charge in [0.15, 0.2) is 0 Å². The maximum Gasteiger partial charge on any atom is 0.141 e. The topological polar surface area (TPSA) is 25.2 Å². The van der Waals surface area contributed by atoms with Gasteiger partial charge in [0.05, 0.1) is 11.1 Å². The van der Waals surface area contributed by atoms with Gasteiger partial charge in [-0.1, -0.05) is 31.5 Å². The van der Waals surface area contributed by atoms with E-state index < -0.39 is 0 Å². The molecule has 0 saturated carbocycles. The van der Waals surface area contributed by atoms with Crippen molar-refractivity contribution in [3.05, 3.63) is 58.3 Å². The highest BCUT2D eigenvalue weighted by atomic mass is 35.5. The number of rotatable bonds is 6. The molecule has 0 spiro atoms. The van der Waals surface area contributed by atoms with E-state index in [0.717, 1.165) is 30.0 Å². The molecule has 1 N–H and O–H groups in total. The van der Waals surface area contributed by atoms with Crippen LogP contribution in [0.15, 0.2) is 34.7 Å². The fraction of sp³-hybridized carbons (Fsp3) is 0.375. The molecule has 0 aliphatic heterocycles. The van der Waals surface area contributed by atoms with Gasteiger partial charge in [-0.2, -0.15) is 0 Å². The molecule has 0 aliphatic rings. The van der Waals surface area contributed by atoms with Gasteiger partial charge in [-0.15, -0.1) is 0 Å². The Morgan fingerprint density at radius 2 is 2.05 bits per heavy atom. The summed E-state index contributed by atoms with van der Waals surface area (Å²) >= 11 is 5.83. The molecule has 2 nitrogen and oxygen atoms in total. The van der Waals surface area contributed by atoms with Crippen LogP contribution in [0.25, 0.3) is 0 Å². The van der Waals surface area contributed by atoms with E-state index in [1.54, 1.807) is 12.1 Å². The van der Waals surface area contributed by atoms with E-state index in [4.69, 9.17) is 16.0 Å². The first-order valence-corrected chi connectivity index (χ1v) is 7.27. The number of hydrogen-bond donors (Lipinski definition) is 1. The zero-order chi connectivity index (χ0) is 14.5. The Morgan fingerprint density at radius 3 is 2.65 bits per heavy atom. The van der Waals surface area contributed by atoms with Gasteiger partial charge < -0.3 is 9.73 Å². The second-order valence-corrected chi connectivity index (χ2v) is 5.13. The molecule has 4 heteroatoms. The zero-order valence-electron chi connectivity index (χ0n) is 11.7. The van der Waals surface area contributed by atoms with Crippen LogP contribution in [0, 0.1) is 5.82 Å². The average Bonchev–Trinajstić information content (AvgIpc) is 2.91. The summed E-state index contributed by atoms with van der Waals surface area (Å²) in [6.07, 6.45) is 1.59. The van der Waals surface area contributed by atoms with E-state index >= 15 is 0 Å². The molecule has 108 valence electrons. The lowest BCUT2D eigenvalue weighted by Gasteiger charge is -2.16. The minimum absolute atomic E-state index is 0.0711. The fourth-order valence-corrected chi connectivity index (χ4v) is 2.40. The van der Waals surface area contributed by atoms with Crippen LogP contribution in [-0.2, 0) is 12.8 Å². The summed E-state index contributed by atoms with van der Waals surface area (Å²) in [5, 5.41) is 3.55. The highest BCUT2D eigenvalue weighted by molar-refractivity contribution is 6.30. The molecule has 0 radical (unpaired) electrons. The van der Waals surface area contributed by atoms with Gasteiger partial charge >= 0.3 is 0 Å². The number of nitrogens with one attached hydrogen (secondary N) is 1. The number of likely N-dealkylation sites (N-methyl/N-ethyl adjacent to an activating group) is 1. The lowest BCUT2D eigenvalue weighted by atomic mass is 10.0. The summed E-state index contributed by atoms with van der Waals surface area (Å²) in [4.78, 5) is 0. The van der Waals surface area contributed by atoms with Gasteiger partial charge in [-0.25, -0.2) is 4.39 Å². The van der Waals surface area contributed by atoms with Gasteiger partial charge in [0.25, 0.3) is 0 Å². The molecule has 1 unspecified atom stereocenters. The second kappa shape index (κ2) is 6.91. The van der Waals surface area contributed by atoms with E-state index in [1.807, 2.05) is 19.1 Å². The molecule has 1 aromatic heterocycles. The number of aryl methyl sites for hydroxylation is 1. The molecule has 1 heterocycles. The average molecular weight is 296 g/mol. The maximum atomic E-state index is 13.2. The predicted octanol–water partition coefficient (Wildman–Crippen LogP) is 4.53. The van der Waals surface area contributed by atoms with E-state index in [2.05, 4.69) is 12.2 Å². The lowest BCUT2D eigenvalue weighted by Crippen LogP contribution is -2.22. The van der Waals surface area contributed by atoms with Crippen molar-refractivity contribution in [1.82, 2.24) is 5.32 Å². The first-order chi connectivity index (χ1) is 9.63. The summed E-state index contributed by atoms with van der Waals surface area (Å²) in [7, 11) is 0. The molecule has 20 heavy (non-hydrogen) atoms. The SMILES string of the molecule is CCNC(Cc1ccc(F)c(Cl)c1)c1ccc(CC)o1. The zero-order valence-corrected chi connectivity index (χ0v) is 12.5. The van der Waals surface area contributed by atoms with Crippen molar-refractivity contribution in [2.45, 2.75) is 32.7 Å². The van der Waals surface area contributed by atoms with Crippen molar-refractivity contribution < 1.29 is 8.81 Å². The largest absolute Gasteiger partial charge is 0.464 e. The molecule has 2 aromatic rings. The lowest BCUT2D eigenvalue weighted by molar-refractivity contribution is 0.396. The molecule has 1 atom stereocenters. The minimum Gasteiger partial charge on any atom is -0.464 e. The number of benzene rings is 1. The van der Waals surface area contributed by atoms with Crippen molar-refractivity contribution >= 4 is 11.6 Å². The molecule has 2 rings (SSSR count). The van der Waals surface area contributed by atoms with E-state index in [0.29, 0.717) is 6.42 Å². The second-order valence-electron chi connectivity index (χ2n) is 4.72. The van der Waals surface area contributed by atoms with Gasteiger partial charge in [-0.05, 0) is 42.8 Å². The third kappa shape index (κ3) is 3.62. The van der Waals surface area contributed by atoms with Gasteiger partial charge in [-0.3, -0.25) is 0 Å². The van der Waals surface area contributed by atoms with Crippen molar-refractivity contribution in [3.8, 4) is 0 Å². The van der Waals surface area contributed by atoms with Crippen molar-refractivity contribution in [3.63, 3.8) is 0 Å². The van der Waals surface area contributed by atoms with Gasteiger partial charge in [0, 0.05) is 6.42 Å². The molecule has 0 amide bonds. The molecule has 0 saturated heterocycles. The molecular weight excluding hydrogens is 277 g/mol. The quantitative estimate of drug-likeness (QED) is 0.847. The minimum atomic E-state index is -0.387. The van der Waals surface area contributed by atoms with Crippen molar-refractivity contribution in [2.75, 3.05) is 6.54 Å². The van der Waals surface area contributed by atoms with Crippen LogP contribution in [0.3, 0.4) is 0 Å². The van der Waals surface area contributed by atoms with E-state index in [-0.39, 0.29) is 16.9 Å². The van der Waals surface area contributed by atoms with Crippen LogP contribution in [0.5, 0.6) is 0 Å². The number of hydrogen-bond acceptors (Lipinski definition) is 2. The molecule has 0 bridgehead atoms. The summed E-state index contributed by atoms with van der Waals surface area (Å²) in [6.45, 7) is 4.95. The molecule has 0 fully saturated rings. The van der Waals surface area contributed by atoms with Crippen LogP contribution < -0.4 is 5.32 Å². The number of halogens is 2. The highest BCUT2D eigenvalue weighted by Crippen LogP contribution is 2.24. The predicted molar refractivity (Wildman–Crippen MR) is 79.6 cm³/mol. The van der Waals surface area contributed by atoms with Crippen molar-refractivity contribution in [1.29, 1.82) is 0 Å². The van der Waals surface area contributed by atoms with Crippen LogP contribution >= 0.6 is 11.6 Å². The van der Waals surface area contributed by atoms with Gasteiger partial charge in [0.1, 0.15) is 17.3 Å². The molecular formula is C16H19ClFNO.